The highest BCUT2D eigenvalue weighted by Crippen LogP contribution is 2.40. The van der Waals surface area contributed by atoms with Gasteiger partial charge in [0.25, 0.3) is 5.91 Å². The molecule has 0 spiro atoms. The molecule has 31 heavy (non-hydrogen) atoms. The second kappa shape index (κ2) is 8.20. The fraction of sp³-hybridized carbons (Fsp3) is 0.524. The van der Waals surface area contributed by atoms with Gasteiger partial charge in [0, 0.05) is 24.7 Å². The van der Waals surface area contributed by atoms with Gasteiger partial charge in [0.2, 0.25) is 5.95 Å². The van der Waals surface area contributed by atoms with E-state index in [2.05, 4.69) is 4.98 Å². The fourth-order valence-electron chi connectivity index (χ4n) is 4.14. The first-order valence-electron chi connectivity index (χ1n) is 10.3. The Morgan fingerprint density at radius 3 is 2.55 bits per heavy atom. The molecule has 0 N–H and O–H groups in total. The van der Waals surface area contributed by atoms with Gasteiger partial charge in [-0.25, -0.2) is 4.98 Å². The van der Waals surface area contributed by atoms with Gasteiger partial charge in [-0.1, -0.05) is 30.1 Å². The molecule has 1 aromatic carbocycles. The minimum atomic E-state index is -4.45. The molecule has 1 aliphatic carbocycles. The molecule has 1 aromatic heterocycles. The van der Waals surface area contributed by atoms with E-state index >= 15 is 0 Å². The molecule has 1 saturated carbocycles. The van der Waals surface area contributed by atoms with Crippen molar-refractivity contribution in [1.29, 1.82) is 0 Å². The minimum absolute atomic E-state index is 0.119. The average molecular weight is 475 g/mol. The SMILES string of the molecule is CCc1nc2n(c1C(=O)N(CC1CC1)CC(F)(F)F)CCN2c1c(C)cc(Cl)cc1Cl. The number of anilines is 2. The van der Waals surface area contributed by atoms with Crippen molar-refractivity contribution in [1.82, 2.24) is 14.5 Å². The number of fused-ring (bicyclic) bond motifs is 1. The van der Waals surface area contributed by atoms with Gasteiger partial charge in [0.1, 0.15) is 12.2 Å². The molecular weight excluding hydrogens is 452 g/mol. The van der Waals surface area contributed by atoms with Crippen molar-refractivity contribution in [3.05, 3.63) is 39.1 Å². The number of hydrogen-bond acceptors (Lipinski definition) is 3. The van der Waals surface area contributed by atoms with Crippen LogP contribution in [0.1, 0.15) is 41.5 Å². The van der Waals surface area contributed by atoms with Crippen LogP contribution in [0, 0.1) is 12.8 Å². The lowest BCUT2D eigenvalue weighted by atomic mass is 10.2. The molecule has 10 heteroatoms. The van der Waals surface area contributed by atoms with Crippen molar-refractivity contribution in [2.75, 3.05) is 24.5 Å². The zero-order chi connectivity index (χ0) is 22.5. The summed E-state index contributed by atoms with van der Waals surface area (Å²) in [6.45, 7) is 3.54. The quantitative estimate of drug-likeness (QED) is 0.544. The predicted octanol–water partition coefficient (Wildman–Crippen LogP) is 5.63. The number of aryl methyl sites for hydroxylation is 2. The molecule has 1 fully saturated rings. The number of hydrogen-bond donors (Lipinski definition) is 0. The van der Waals surface area contributed by atoms with Crippen LogP contribution in [0.15, 0.2) is 12.1 Å². The molecule has 0 bridgehead atoms. The van der Waals surface area contributed by atoms with Crippen molar-refractivity contribution < 1.29 is 18.0 Å². The Balaban J connectivity index is 1.73. The molecule has 5 nitrogen and oxygen atoms in total. The standard InChI is InChI=1S/C21H23Cl2F3N4O/c1-3-16-18(19(31)28(10-13-4-5-13)11-21(24,25)26)30-7-6-29(20(30)27-16)17-12(2)8-14(22)9-15(17)23/h8-9,13H,3-7,10-11H2,1-2H3. The molecule has 0 atom stereocenters. The predicted molar refractivity (Wildman–Crippen MR) is 114 cm³/mol. The number of carbonyl (C=O) groups excluding carboxylic acids is 1. The number of nitrogens with zero attached hydrogens (tertiary/aromatic N) is 4. The maximum absolute atomic E-state index is 13.3. The Labute approximate surface area is 188 Å². The van der Waals surface area contributed by atoms with Gasteiger partial charge in [0.15, 0.2) is 0 Å². The number of amides is 1. The van der Waals surface area contributed by atoms with E-state index in [1.54, 1.807) is 16.7 Å². The summed E-state index contributed by atoms with van der Waals surface area (Å²) in [6.07, 6.45) is -2.31. The van der Waals surface area contributed by atoms with Crippen molar-refractivity contribution in [3.63, 3.8) is 0 Å². The summed E-state index contributed by atoms with van der Waals surface area (Å²) in [5.41, 5.74) is 2.33. The number of benzene rings is 1. The molecule has 0 unspecified atom stereocenters. The van der Waals surface area contributed by atoms with Gasteiger partial charge < -0.3 is 14.4 Å². The summed E-state index contributed by atoms with van der Waals surface area (Å²) in [5.74, 6) is 0.0517. The lowest BCUT2D eigenvalue weighted by Crippen LogP contribution is -2.41. The van der Waals surface area contributed by atoms with Crippen LogP contribution in [0.2, 0.25) is 10.0 Å². The zero-order valence-electron chi connectivity index (χ0n) is 17.3. The summed E-state index contributed by atoms with van der Waals surface area (Å²) >= 11 is 12.5. The molecule has 1 aliphatic heterocycles. The van der Waals surface area contributed by atoms with Gasteiger partial charge >= 0.3 is 6.18 Å². The van der Waals surface area contributed by atoms with Gasteiger partial charge in [-0.05, 0) is 49.8 Å². The maximum Gasteiger partial charge on any atom is 0.406 e. The van der Waals surface area contributed by atoms with E-state index in [4.69, 9.17) is 23.2 Å². The fourth-order valence-corrected chi connectivity index (χ4v) is 4.84. The Morgan fingerprint density at radius 1 is 1.26 bits per heavy atom. The second-order valence-corrected chi connectivity index (χ2v) is 9.00. The molecule has 0 radical (unpaired) electrons. The van der Waals surface area contributed by atoms with Crippen LogP contribution in [-0.2, 0) is 13.0 Å². The Hall–Kier alpha value is -1.93. The highest BCUT2D eigenvalue weighted by atomic mass is 35.5. The molecule has 4 rings (SSSR count). The highest BCUT2D eigenvalue weighted by molar-refractivity contribution is 6.36. The first-order chi connectivity index (χ1) is 14.6. The zero-order valence-corrected chi connectivity index (χ0v) is 18.8. The van der Waals surface area contributed by atoms with E-state index in [1.807, 2.05) is 18.7 Å². The molecular formula is C21H23Cl2F3N4O. The number of alkyl halides is 3. The number of halogens is 5. The van der Waals surface area contributed by atoms with Crippen LogP contribution in [0.25, 0.3) is 0 Å². The lowest BCUT2D eigenvalue weighted by Gasteiger charge is -2.24. The molecule has 0 saturated heterocycles. The monoisotopic (exact) mass is 474 g/mol. The van der Waals surface area contributed by atoms with Gasteiger partial charge in [-0.2, -0.15) is 13.2 Å². The summed E-state index contributed by atoms with van der Waals surface area (Å²) in [5, 5.41) is 0.974. The van der Waals surface area contributed by atoms with E-state index < -0.39 is 18.6 Å². The van der Waals surface area contributed by atoms with Crippen LogP contribution in [-0.4, -0.2) is 46.2 Å². The first-order valence-corrected chi connectivity index (χ1v) is 11.0. The van der Waals surface area contributed by atoms with E-state index in [0.29, 0.717) is 41.2 Å². The Kier molecular flexibility index (Phi) is 5.89. The number of aromatic nitrogens is 2. The number of rotatable bonds is 6. The average Bonchev–Trinajstić information content (AvgIpc) is 3.27. The number of carbonyl (C=O) groups is 1. The smallest absolute Gasteiger partial charge is 0.328 e. The minimum Gasteiger partial charge on any atom is -0.328 e. The van der Waals surface area contributed by atoms with Crippen LogP contribution in [0.3, 0.4) is 0 Å². The van der Waals surface area contributed by atoms with Crippen molar-refractivity contribution in [2.45, 2.75) is 45.8 Å². The van der Waals surface area contributed by atoms with Gasteiger partial charge in [-0.3, -0.25) is 4.79 Å². The molecule has 2 heterocycles. The Morgan fingerprint density at radius 2 is 1.97 bits per heavy atom. The molecule has 2 aromatic rings. The summed E-state index contributed by atoms with van der Waals surface area (Å²) < 4.78 is 41.3. The molecule has 2 aliphatic rings. The molecule has 1 amide bonds. The maximum atomic E-state index is 13.3. The molecule has 168 valence electrons. The van der Waals surface area contributed by atoms with Crippen molar-refractivity contribution in [2.24, 2.45) is 5.92 Å². The van der Waals surface area contributed by atoms with Crippen LogP contribution in [0.5, 0.6) is 0 Å². The van der Waals surface area contributed by atoms with E-state index in [1.165, 1.54) is 0 Å². The largest absolute Gasteiger partial charge is 0.406 e. The second-order valence-electron chi connectivity index (χ2n) is 8.16. The lowest BCUT2D eigenvalue weighted by molar-refractivity contribution is -0.141. The third-order valence-electron chi connectivity index (χ3n) is 5.67. The van der Waals surface area contributed by atoms with Gasteiger partial charge in [-0.15, -0.1) is 0 Å². The number of imidazole rings is 1. The van der Waals surface area contributed by atoms with Crippen molar-refractivity contribution >= 4 is 40.7 Å². The third-order valence-corrected chi connectivity index (χ3v) is 6.17. The Bertz CT molecular complexity index is 994. The van der Waals surface area contributed by atoms with Gasteiger partial charge in [0.05, 0.1) is 16.4 Å². The van der Waals surface area contributed by atoms with Crippen molar-refractivity contribution in [3.8, 4) is 0 Å². The third kappa shape index (κ3) is 4.51. The first kappa shape index (κ1) is 22.3. The van der Waals surface area contributed by atoms with Crippen LogP contribution < -0.4 is 4.90 Å². The summed E-state index contributed by atoms with van der Waals surface area (Å²) in [4.78, 5) is 20.8. The van der Waals surface area contributed by atoms with E-state index in [0.717, 1.165) is 29.0 Å². The van der Waals surface area contributed by atoms with Crippen LogP contribution >= 0.6 is 23.2 Å². The van der Waals surface area contributed by atoms with Crippen LogP contribution in [0.4, 0.5) is 24.8 Å². The normalized spacial score (nSPS) is 16.0. The van der Waals surface area contributed by atoms with E-state index in [-0.39, 0.29) is 18.2 Å². The topological polar surface area (TPSA) is 41.4 Å². The summed E-state index contributed by atoms with van der Waals surface area (Å²) in [6, 6.07) is 3.44. The van der Waals surface area contributed by atoms with E-state index in [9.17, 15) is 18.0 Å². The highest BCUT2D eigenvalue weighted by Gasteiger charge is 2.39. The summed E-state index contributed by atoms with van der Waals surface area (Å²) in [7, 11) is 0.